The minimum Gasteiger partial charge on any atom is -0.475 e. The SMILES string of the molecule is O=C(Nc1ccc(Cl)cc1)N[C@@H](C(=O)N1CCN(Cc2cccnc2)CC1)c1ccccc1.O=C(O)C(F)(F)F.O=C(O)C(F)(F)F. The third-order valence-electron chi connectivity index (χ3n) is 6.06. The topological polar surface area (TPSA) is 152 Å². The van der Waals surface area contributed by atoms with Gasteiger partial charge in [0.1, 0.15) is 6.04 Å². The standard InChI is InChI=1S/C25H26ClN5O2.2C2HF3O2/c26-21-8-10-22(11-9-21)28-25(33)29-23(20-6-2-1-3-7-20)24(32)31-15-13-30(14-16-31)18-19-5-4-12-27-17-19;2*3-2(4,5)1(6)7/h1-12,17,23H,13-16,18H2,(H2,28,29,33);2*(H,6,7)/t23-;;/m1../s1. The molecule has 254 valence electrons. The second-order valence-corrected chi connectivity index (χ2v) is 9.95. The maximum atomic E-state index is 13.4. The van der Waals surface area contributed by atoms with Crippen molar-refractivity contribution in [2.75, 3.05) is 31.5 Å². The van der Waals surface area contributed by atoms with Gasteiger partial charge in [0.15, 0.2) is 0 Å². The number of hydrogen-bond acceptors (Lipinski definition) is 6. The fraction of sp³-hybridized carbons (Fsp3) is 0.276. The second kappa shape index (κ2) is 17.7. The molecule has 3 amide bonds. The number of carbonyl (C=O) groups is 4. The molecule has 2 heterocycles. The van der Waals surface area contributed by atoms with Crippen LogP contribution in [0.3, 0.4) is 0 Å². The summed E-state index contributed by atoms with van der Waals surface area (Å²) >= 11 is 5.91. The fourth-order valence-corrected chi connectivity index (χ4v) is 3.95. The Morgan fingerprint density at radius 1 is 0.809 bits per heavy atom. The first-order valence-corrected chi connectivity index (χ1v) is 13.7. The van der Waals surface area contributed by atoms with E-state index in [0.717, 1.165) is 30.8 Å². The van der Waals surface area contributed by atoms with Gasteiger partial charge in [-0.25, -0.2) is 14.4 Å². The molecule has 1 atom stereocenters. The molecule has 0 bridgehead atoms. The van der Waals surface area contributed by atoms with E-state index in [1.807, 2.05) is 47.5 Å². The molecule has 47 heavy (non-hydrogen) atoms. The van der Waals surface area contributed by atoms with Gasteiger partial charge in [0.05, 0.1) is 0 Å². The molecule has 0 saturated carbocycles. The van der Waals surface area contributed by atoms with E-state index < -0.39 is 36.4 Å². The highest BCUT2D eigenvalue weighted by Gasteiger charge is 2.39. The summed E-state index contributed by atoms with van der Waals surface area (Å²) in [6.45, 7) is 3.53. The zero-order valence-corrected chi connectivity index (χ0v) is 24.9. The molecule has 4 N–H and O–H groups in total. The summed E-state index contributed by atoms with van der Waals surface area (Å²) in [5, 5.41) is 20.5. The van der Waals surface area contributed by atoms with Crippen molar-refractivity contribution in [1.82, 2.24) is 20.1 Å². The van der Waals surface area contributed by atoms with Crippen molar-refractivity contribution < 1.29 is 55.7 Å². The molecular formula is C29H28ClF6N5O6. The number of carboxylic acids is 2. The molecule has 1 aliphatic rings. The average molecular weight is 692 g/mol. The van der Waals surface area contributed by atoms with Gasteiger partial charge in [-0.1, -0.05) is 48.0 Å². The number of carbonyl (C=O) groups excluding carboxylic acids is 2. The molecule has 1 aromatic heterocycles. The van der Waals surface area contributed by atoms with Crippen LogP contribution >= 0.6 is 11.6 Å². The molecule has 18 heteroatoms. The maximum absolute atomic E-state index is 13.4. The van der Waals surface area contributed by atoms with E-state index in [1.165, 1.54) is 0 Å². The molecule has 0 aliphatic carbocycles. The first-order valence-electron chi connectivity index (χ1n) is 13.4. The van der Waals surface area contributed by atoms with Gasteiger partial charge in [0, 0.05) is 55.8 Å². The van der Waals surface area contributed by atoms with Crippen molar-refractivity contribution in [3.05, 3.63) is 95.3 Å². The first-order chi connectivity index (χ1) is 22.0. The number of aromatic nitrogens is 1. The number of carboxylic acid groups (broad SMARTS) is 2. The van der Waals surface area contributed by atoms with E-state index in [1.54, 1.807) is 30.5 Å². The monoisotopic (exact) mass is 691 g/mol. The van der Waals surface area contributed by atoms with Crippen LogP contribution in [0.2, 0.25) is 5.02 Å². The van der Waals surface area contributed by atoms with Crippen molar-refractivity contribution in [3.8, 4) is 0 Å². The zero-order valence-electron chi connectivity index (χ0n) is 24.1. The second-order valence-electron chi connectivity index (χ2n) is 9.52. The molecular weight excluding hydrogens is 664 g/mol. The number of piperazine rings is 1. The van der Waals surface area contributed by atoms with Crippen LogP contribution in [0.5, 0.6) is 0 Å². The Morgan fingerprint density at radius 3 is 1.81 bits per heavy atom. The van der Waals surface area contributed by atoms with Crippen LogP contribution in [0.1, 0.15) is 17.2 Å². The van der Waals surface area contributed by atoms with Crippen LogP contribution < -0.4 is 10.6 Å². The molecule has 1 saturated heterocycles. The number of amides is 3. The number of hydrogen-bond donors (Lipinski definition) is 4. The number of benzene rings is 2. The van der Waals surface area contributed by atoms with Crippen LogP contribution in [0.15, 0.2) is 79.1 Å². The van der Waals surface area contributed by atoms with Crippen molar-refractivity contribution >= 4 is 41.2 Å². The van der Waals surface area contributed by atoms with Crippen LogP contribution in [0.25, 0.3) is 0 Å². The molecule has 1 aliphatic heterocycles. The lowest BCUT2D eigenvalue weighted by Crippen LogP contribution is -2.52. The number of halogens is 7. The average Bonchev–Trinajstić information content (AvgIpc) is 3.02. The third-order valence-corrected chi connectivity index (χ3v) is 6.31. The molecule has 0 radical (unpaired) electrons. The highest BCUT2D eigenvalue weighted by Crippen LogP contribution is 2.19. The normalized spacial score (nSPS) is 13.9. The predicted octanol–water partition coefficient (Wildman–Crippen LogP) is 5.21. The van der Waals surface area contributed by atoms with Crippen molar-refractivity contribution in [2.45, 2.75) is 24.9 Å². The Balaban J connectivity index is 0.000000459. The lowest BCUT2D eigenvalue weighted by molar-refractivity contribution is -0.193. The molecule has 2 aromatic carbocycles. The van der Waals surface area contributed by atoms with Gasteiger partial charge in [-0.3, -0.25) is 14.7 Å². The summed E-state index contributed by atoms with van der Waals surface area (Å²) in [4.78, 5) is 52.2. The van der Waals surface area contributed by atoms with Gasteiger partial charge in [-0.05, 0) is 41.5 Å². The minimum atomic E-state index is -5.08. The summed E-state index contributed by atoms with van der Waals surface area (Å²) in [6, 6.07) is 18.9. The Hall–Kier alpha value is -4.90. The number of nitrogens with zero attached hydrogens (tertiary/aromatic N) is 3. The largest absolute Gasteiger partial charge is 0.490 e. The first kappa shape index (κ1) is 38.3. The minimum absolute atomic E-state index is 0.117. The van der Waals surface area contributed by atoms with Crippen LogP contribution in [0, 0.1) is 0 Å². The van der Waals surface area contributed by atoms with E-state index in [2.05, 4.69) is 26.6 Å². The van der Waals surface area contributed by atoms with E-state index in [9.17, 15) is 35.9 Å². The van der Waals surface area contributed by atoms with Gasteiger partial charge in [-0.2, -0.15) is 26.3 Å². The summed E-state index contributed by atoms with van der Waals surface area (Å²) < 4.78 is 63.5. The molecule has 3 aromatic rings. The molecule has 1 fully saturated rings. The Morgan fingerprint density at radius 2 is 1.34 bits per heavy atom. The molecule has 0 unspecified atom stereocenters. The van der Waals surface area contributed by atoms with E-state index in [-0.39, 0.29) is 5.91 Å². The lowest BCUT2D eigenvalue weighted by Gasteiger charge is -2.36. The Bertz CT molecular complexity index is 1430. The van der Waals surface area contributed by atoms with Crippen LogP contribution in [-0.2, 0) is 20.9 Å². The maximum Gasteiger partial charge on any atom is 0.490 e. The highest BCUT2D eigenvalue weighted by atomic mass is 35.5. The van der Waals surface area contributed by atoms with Gasteiger partial charge in [0.2, 0.25) is 5.91 Å². The van der Waals surface area contributed by atoms with Crippen molar-refractivity contribution in [2.24, 2.45) is 0 Å². The van der Waals surface area contributed by atoms with Crippen molar-refractivity contribution in [3.63, 3.8) is 0 Å². The third kappa shape index (κ3) is 14.0. The number of nitrogens with one attached hydrogen (secondary N) is 2. The van der Waals surface area contributed by atoms with Crippen LogP contribution in [0.4, 0.5) is 36.8 Å². The van der Waals surface area contributed by atoms with E-state index in [4.69, 9.17) is 31.4 Å². The Labute approximate surface area is 268 Å². The smallest absolute Gasteiger partial charge is 0.475 e. The zero-order chi connectivity index (χ0) is 35.2. The lowest BCUT2D eigenvalue weighted by atomic mass is 10.1. The Kier molecular flexibility index (Phi) is 14.4. The number of alkyl halides is 6. The van der Waals surface area contributed by atoms with Crippen molar-refractivity contribution in [1.29, 1.82) is 0 Å². The van der Waals surface area contributed by atoms with Gasteiger partial charge in [0.25, 0.3) is 0 Å². The number of pyridine rings is 1. The summed E-state index contributed by atoms with van der Waals surface area (Å²) in [5.74, 6) is -5.63. The predicted molar refractivity (Wildman–Crippen MR) is 156 cm³/mol. The number of anilines is 1. The number of aliphatic carboxylic acids is 2. The molecule has 4 rings (SSSR count). The summed E-state index contributed by atoms with van der Waals surface area (Å²) in [5.41, 5.74) is 2.49. The quantitative estimate of drug-likeness (QED) is 0.257. The summed E-state index contributed by atoms with van der Waals surface area (Å²) in [7, 11) is 0. The number of rotatable bonds is 6. The summed E-state index contributed by atoms with van der Waals surface area (Å²) in [6.07, 6.45) is -6.54. The van der Waals surface area contributed by atoms with Crippen LogP contribution in [-0.4, -0.2) is 87.4 Å². The van der Waals surface area contributed by atoms with Gasteiger partial charge < -0.3 is 25.7 Å². The molecule has 0 spiro atoms. The highest BCUT2D eigenvalue weighted by molar-refractivity contribution is 6.30. The van der Waals surface area contributed by atoms with E-state index in [0.29, 0.717) is 23.8 Å². The fourth-order valence-electron chi connectivity index (χ4n) is 3.82. The molecule has 11 nitrogen and oxygen atoms in total. The number of urea groups is 1. The van der Waals surface area contributed by atoms with Gasteiger partial charge >= 0.3 is 30.3 Å². The van der Waals surface area contributed by atoms with E-state index >= 15 is 0 Å². The van der Waals surface area contributed by atoms with Gasteiger partial charge in [-0.15, -0.1) is 0 Å².